The van der Waals surface area contributed by atoms with Crippen LogP contribution >= 0.6 is 0 Å². The number of aryl methyl sites for hydroxylation is 1. The van der Waals surface area contributed by atoms with E-state index in [1.165, 1.54) is 24.3 Å². The van der Waals surface area contributed by atoms with Crippen LogP contribution < -0.4 is 21.0 Å². The highest BCUT2D eigenvalue weighted by atomic mass is 16.5. The number of carbonyl (C=O) groups excluding carboxylic acids is 1. The van der Waals surface area contributed by atoms with Gasteiger partial charge in [-0.05, 0) is 87.6 Å². The van der Waals surface area contributed by atoms with Gasteiger partial charge in [0.25, 0.3) is 5.91 Å². The van der Waals surface area contributed by atoms with E-state index in [1.54, 1.807) is 23.3 Å². The fourth-order valence-corrected chi connectivity index (χ4v) is 5.85. The van der Waals surface area contributed by atoms with E-state index in [0.717, 1.165) is 42.4 Å². The maximum absolute atomic E-state index is 12.9. The molecule has 1 aromatic heterocycles. The van der Waals surface area contributed by atoms with Gasteiger partial charge in [-0.2, -0.15) is 0 Å². The first-order chi connectivity index (χ1) is 19.3. The van der Waals surface area contributed by atoms with E-state index >= 15 is 0 Å². The minimum absolute atomic E-state index is 0.0553. The SMILES string of the molecule is CC(C)=CCc1cc(C(=O)Nc2cc3ccc(OCCCNC4=C5C6CC5C6=CC4)c(C)c3oc2=O)ccc1O. The number of hydrogen-bond acceptors (Lipinski definition) is 6. The fraction of sp³-hybridized carbons (Fsp3) is 0.333. The van der Waals surface area contributed by atoms with Crippen LogP contribution in [0.15, 0.2) is 80.2 Å². The molecule has 4 aliphatic rings. The average molecular weight is 539 g/mol. The van der Waals surface area contributed by atoms with Crippen LogP contribution in [-0.4, -0.2) is 24.2 Å². The molecule has 2 unspecified atom stereocenters. The molecule has 2 atom stereocenters. The largest absolute Gasteiger partial charge is 0.508 e. The van der Waals surface area contributed by atoms with Crippen LogP contribution in [0, 0.1) is 18.8 Å². The highest BCUT2D eigenvalue weighted by molar-refractivity contribution is 6.05. The predicted octanol–water partition coefficient (Wildman–Crippen LogP) is 6.16. The summed E-state index contributed by atoms with van der Waals surface area (Å²) < 4.78 is 11.6. The number of phenolic OH excluding ortho intramolecular Hbond substituents is 1. The van der Waals surface area contributed by atoms with Gasteiger partial charge < -0.3 is 24.9 Å². The maximum atomic E-state index is 12.9. The van der Waals surface area contributed by atoms with Crippen molar-refractivity contribution in [3.8, 4) is 11.5 Å². The van der Waals surface area contributed by atoms with E-state index in [0.29, 0.717) is 40.9 Å². The lowest BCUT2D eigenvalue weighted by atomic mass is 9.46. The van der Waals surface area contributed by atoms with Gasteiger partial charge in [-0.25, -0.2) is 4.79 Å². The van der Waals surface area contributed by atoms with Gasteiger partial charge >= 0.3 is 5.63 Å². The summed E-state index contributed by atoms with van der Waals surface area (Å²) in [7, 11) is 0. The van der Waals surface area contributed by atoms with Gasteiger partial charge in [0.2, 0.25) is 0 Å². The predicted molar refractivity (Wildman–Crippen MR) is 156 cm³/mol. The minimum atomic E-state index is -0.637. The summed E-state index contributed by atoms with van der Waals surface area (Å²) in [4.78, 5) is 25.7. The third kappa shape index (κ3) is 4.70. The van der Waals surface area contributed by atoms with E-state index in [9.17, 15) is 14.7 Å². The number of fused-ring (bicyclic) bond motifs is 1. The molecule has 0 saturated heterocycles. The van der Waals surface area contributed by atoms with Crippen LogP contribution in [0.5, 0.6) is 11.5 Å². The van der Waals surface area contributed by atoms with E-state index in [2.05, 4.69) is 16.7 Å². The van der Waals surface area contributed by atoms with Crippen molar-refractivity contribution in [2.24, 2.45) is 11.8 Å². The number of phenols is 1. The number of allylic oxidation sites excluding steroid dienone is 5. The van der Waals surface area contributed by atoms with Crippen LogP contribution in [0.1, 0.15) is 54.6 Å². The lowest BCUT2D eigenvalue weighted by molar-refractivity contribution is 0.102. The molecule has 0 aliphatic heterocycles. The number of rotatable bonds is 10. The zero-order valence-electron chi connectivity index (χ0n) is 23.1. The van der Waals surface area contributed by atoms with Crippen molar-refractivity contribution < 1.29 is 19.1 Å². The van der Waals surface area contributed by atoms with E-state index in [4.69, 9.17) is 9.15 Å². The molecule has 1 amide bonds. The van der Waals surface area contributed by atoms with Gasteiger partial charge in [0.05, 0.1) is 6.61 Å². The molecule has 206 valence electrons. The van der Waals surface area contributed by atoms with E-state index in [1.807, 2.05) is 39.0 Å². The number of benzene rings is 2. The molecule has 3 aromatic rings. The number of carbonyl (C=O) groups is 1. The Bertz CT molecular complexity index is 1660. The lowest BCUT2D eigenvalue weighted by Gasteiger charge is -2.59. The summed E-state index contributed by atoms with van der Waals surface area (Å²) >= 11 is 0. The summed E-state index contributed by atoms with van der Waals surface area (Å²) in [5.41, 5.74) is 7.41. The normalized spacial score (nSPS) is 18.4. The first-order valence-corrected chi connectivity index (χ1v) is 13.9. The number of ether oxygens (including phenoxy) is 1. The van der Waals surface area contributed by atoms with Gasteiger partial charge in [-0.3, -0.25) is 4.79 Å². The highest BCUT2D eigenvalue weighted by Gasteiger charge is 2.55. The Morgan fingerprint density at radius 1 is 1.18 bits per heavy atom. The molecule has 7 heteroatoms. The molecular formula is C33H34N2O5. The molecule has 3 saturated carbocycles. The quantitative estimate of drug-likeness (QED) is 0.162. The highest BCUT2D eigenvalue weighted by Crippen LogP contribution is 2.65. The first kappa shape index (κ1) is 26.0. The number of anilines is 1. The van der Waals surface area contributed by atoms with Crippen molar-refractivity contribution in [2.75, 3.05) is 18.5 Å². The van der Waals surface area contributed by atoms with Crippen molar-refractivity contribution in [1.29, 1.82) is 0 Å². The molecule has 3 fully saturated rings. The molecule has 7 rings (SSSR count). The maximum Gasteiger partial charge on any atom is 0.360 e. The molecule has 1 heterocycles. The molecule has 4 bridgehead atoms. The molecule has 7 nitrogen and oxygen atoms in total. The van der Waals surface area contributed by atoms with Crippen LogP contribution in [0.2, 0.25) is 0 Å². The summed E-state index contributed by atoms with van der Waals surface area (Å²) in [6, 6.07) is 9.96. The van der Waals surface area contributed by atoms with E-state index < -0.39 is 11.5 Å². The van der Waals surface area contributed by atoms with Gasteiger partial charge in [0.1, 0.15) is 22.8 Å². The molecule has 0 radical (unpaired) electrons. The third-order valence-electron chi connectivity index (χ3n) is 8.26. The van der Waals surface area contributed by atoms with Gasteiger partial charge in [0.15, 0.2) is 0 Å². The van der Waals surface area contributed by atoms with Crippen molar-refractivity contribution in [1.82, 2.24) is 5.32 Å². The summed E-state index contributed by atoms with van der Waals surface area (Å²) in [5.74, 6) is 1.84. The third-order valence-corrected chi connectivity index (χ3v) is 8.26. The van der Waals surface area contributed by atoms with E-state index in [-0.39, 0.29) is 11.4 Å². The Hall–Kier alpha value is -4.26. The van der Waals surface area contributed by atoms with Crippen molar-refractivity contribution in [3.63, 3.8) is 0 Å². The number of hydrogen-bond donors (Lipinski definition) is 3. The van der Waals surface area contributed by atoms with Crippen LogP contribution in [0.4, 0.5) is 5.69 Å². The summed E-state index contributed by atoms with van der Waals surface area (Å²) in [5, 5.41) is 17.1. The van der Waals surface area contributed by atoms with Gasteiger partial charge in [-0.1, -0.05) is 23.3 Å². The van der Waals surface area contributed by atoms with Crippen LogP contribution in [0.3, 0.4) is 0 Å². The Kier molecular flexibility index (Phi) is 6.74. The smallest absolute Gasteiger partial charge is 0.360 e. The Labute approximate surface area is 233 Å². The molecular weight excluding hydrogens is 504 g/mol. The van der Waals surface area contributed by atoms with Crippen LogP contribution in [-0.2, 0) is 6.42 Å². The van der Waals surface area contributed by atoms with Crippen molar-refractivity contribution >= 4 is 22.6 Å². The van der Waals surface area contributed by atoms with Gasteiger partial charge in [-0.15, -0.1) is 0 Å². The molecule has 2 aromatic carbocycles. The second-order valence-corrected chi connectivity index (χ2v) is 11.1. The van der Waals surface area contributed by atoms with Crippen LogP contribution in [0.25, 0.3) is 11.0 Å². The molecule has 0 spiro atoms. The second-order valence-electron chi connectivity index (χ2n) is 11.1. The number of amides is 1. The topological polar surface area (TPSA) is 101 Å². The zero-order chi connectivity index (χ0) is 28.0. The zero-order valence-corrected chi connectivity index (χ0v) is 23.1. The lowest BCUT2D eigenvalue weighted by Crippen LogP contribution is -2.50. The summed E-state index contributed by atoms with van der Waals surface area (Å²) in [6.07, 6.45) is 8.12. The Morgan fingerprint density at radius 3 is 2.75 bits per heavy atom. The molecule has 40 heavy (non-hydrogen) atoms. The Morgan fingerprint density at radius 2 is 2.00 bits per heavy atom. The minimum Gasteiger partial charge on any atom is -0.508 e. The monoisotopic (exact) mass is 538 g/mol. The number of nitrogens with one attached hydrogen (secondary N) is 2. The second kappa shape index (κ2) is 10.4. The standard InChI is InChI=1S/C33H34N2O5/c1-18(2)5-6-20-15-22(7-11-28(20)36)32(37)35-27-16-21-8-12-29(19(3)31(21)40-33(27)38)39-14-4-13-34-26-10-9-23-24-17-25(23)30(24)26/h5,7-9,11-12,15-16,24-25,34,36H,4,6,10,13-14,17H2,1-3H3,(H,35,37). The summed E-state index contributed by atoms with van der Waals surface area (Å²) in [6.45, 7) is 7.22. The first-order valence-electron chi connectivity index (χ1n) is 13.9. The van der Waals surface area contributed by atoms with Crippen molar-refractivity contribution in [2.45, 2.75) is 46.5 Å². The molecule has 4 aliphatic carbocycles. The molecule has 3 N–H and O–H groups in total. The average Bonchev–Trinajstić information content (AvgIpc) is 2.89. The number of aromatic hydroxyl groups is 1. The fourth-order valence-electron chi connectivity index (χ4n) is 5.85. The van der Waals surface area contributed by atoms with Crippen molar-refractivity contribution in [3.05, 3.63) is 98.1 Å². The Balaban J connectivity index is 1.08. The van der Waals surface area contributed by atoms with Gasteiger partial charge in [0, 0.05) is 47.0 Å².